The Morgan fingerprint density at radius 1 is 1.40 bits per heavy atom. The summed E-state index contributed by atoms with van der Waals surface area (Å²) >= 11 is 0. The Kier molecular flexibility index (Phi) is 4.65. The van der Waals surface area contributed by atoms with E-state index in [9.17, 15) is 9.46 Å². The standard InChI is InChI=1S/C13H25O6P/c1-8(2)6-13-7-16-11(10(5)17-13)12(13)19-20(14,15)18-9(3)4/h8-12H,6-7H2,1-5H3,(H,14,15)/t10-,11?,12+,13-/m0/s1. The summed E-state index contributed by atoms with van der Waals surface area (Å²) in [6, 6.07) is 0. The van der Waals surface area contributed by atoms with Crippen LogP contribution in [0.2, 0.25) is 0 Å². The van der Waals surface area contributed by atoms with Gasteiger partial charge in [-0.3, -0.25) is 9.05 Å². The molecule has 2 aliphatic rings. The zero-order valence-electron chi connectivity index (χ0n) is 12.7. The summed E-state index contributed by atoms with van der Waals surface area (Å²) in [5.41, 5.74) is -0.642. The number of rotatable bonds is 6. The molecular weight excluding hydrogens is 283 g/mol. The van der Waals surface area contributed by atoms with Gasteiger partial charge in [0.2, 0.25) is 0 Å². The molecule has 0 saturated carbocycles. The fraction of sp³-hybridized carbons (Fsp3) is 1.00. The molecule has 0 amide bonds. The molecule has 0 aromatic carbocycles. The highest BCUT2D eigenvalue weighted by Gasteiger charge is 2.62. The largest absolute Gasteiger partial charge is 0.472 e. The van der Waals surface area contributed by atoms with Gasteiger partial charge in [-0.1, -0.05) is 13.8 Å². The van der Waals surface area contributed by atoms with Crippen molar-refractivity contribution >= 4 is 7.82 Å². The number of fused-ring (bicyclic) bond motifs is 2. The minimum Gasteiger partial charge on any atom is -0.370 e. The van der Waals surface area contributed by atoms with Crippen molar-refractivity contribution in [2.75, 3.05) is 6.61 Å². The lowest BCUT2D eigenvalue weighted by Crippen LogP contribution is -2.42. The lowest BCUT2D eigenvalue weighted by atomic mass is 9.89. The first-order valence-electron chi connectivity index (χ1n) is 7.14. The summed E-state index contributed by atoms with van der Waals surface area (Å²) in [5, 5.41) is 0. The van der Waals surface area contributed by atoms with Gasteiger partial charge < -0.3 is 14.4 Å². The van der Waals surface area contributed by atoms with E-state index in [0.717, 1.165) is 6.42 Å². The third-order valence-corrected chi connectivity index (χ3v) is 4.75. The van der Waals surface area contributed by atoms with E-state index in [1.165, 1.54) is 0 Å². The van der Waals surface area contributed by atoms with E-state index in [4.69, 9.17) is 18.5 Å². The average molecular weight is 308 g/mol. The Balaban J connectivity index is 2.15. The van der Waals surface area contributed by atoms with Gasteiger partial charge in [0.15, 0.2) is 0 Å². The second-order valence-electron chi connectivity index (χ2n) is 6.41. The Hall–Kier alpha value is 0.0300. The van der Waals surface area contributed by atoms with Gasteiger partial charge >= 0.3 is 7.82 Å². The van der Waals surface area contributed by atoms with Crippen LogP contribution in [0, 0.1) is 5.92 Å². The van der Waals surface area contributed by atoms with Crippen molar-refractivity contribution in [3.05, 3.63) is 0 Å². The zero-order valence-corrected chi connectivity index (χ0v) is 13.6. The van der Waals surface area contributed by atoms with E-state index in [0.29, 0.717) is 12.5 Å². The summed E-state index contributed by atoms with van der Waals surface area (Å²) in [6.45, 7) is 9.83. The van der Waals surface area contributed by atoms with E-state index >= 15 is 0 Å². The predicted octanol–water partition coefficient (Wildman–Crippen LogP) is 2.50. The highest BCUT2D eigenvalue weighted by molar-refractivity contribution is 7.47. The summed E-state index contributed by atoms with van der Waals surface area (Å²) in [4.78, 5) is 9.84. The van der Waals surface area contributed by atoms with E-state index in [1.807, 2.05) is 6.92 Å². The molecule has 2 rings (SSSR count). The first kappa shape index (κ1) is 16.4. The van der Waals surface area contributed by atoms with Crippen molar-refractivity contribution in [3.63, 3.8) is 0 Å². The molecule has 5 atom stereocenters. The molecule has 118 valence electrons. The van der Waals surface area contributed by atoms with Gasteiger partial charge in [-0.2, -0.15) is 0 Å². The number of phosphoric ester groups is 1. The molecule has 2 fully saturated rings. The summed E-state index contributed by atoms with van der Waals surface area (Å²) < 4.78 is 34.1. The van der Waals surface area contributed by atoms with Crippen molar-refractivity contribution in [3.8, 4) is 0 Å². The summed E-state index contributed by atoms with van der Waals surface area (Å²) in [7, 11) is -4.11. The van der Waals surface area contributed by atoms with Crippen molar-refractivity contribution in [2.24, 2.45) is 5.92 Å². The maximum atomic E-state index is 12.0. The number of hydrogen-bond donors (Lipinski definition) is 1. The molecule has 2 heterocycles. The van der Waals surface area contributed by atoms with Crippen LogP contribution < -0.4 is 0 Å². The van der Waals surface area contributed by atoms with E-state index in [2.05, 4.69) is 13.8 Å². The Morgan fingerprint density at radius 2 is 2.05 bits per heavy atom. The van der Waals surface area contributed by atoms with Gasteiger partial charge in [-0.15, -0.1) is 0 Å². The molecule has 0 aromatic rings. The summed E-state index contributed by atoms with van der Waals surface area (Å²) in [6.07, 6.45) is -0.684. The van der Waals surface area contributed by atoms with E-state index < -0.39 is 19.5 Å². The van der Waals surface area contributed by atoms with Crippen LogP contribution >= 0.6 is 7.82 Å². The molecule has 7 heteroatoms. The molecule has 2 unspecified atom stereocenters. The number of phosphoric acid groups is 1. The molecule has 2 saturated heterocycles. The molecule has 2 aliphatic heterocycles. The Bertz CT molecular complexity index is 398. The topological polar surface area (TPSA) is 74.2 Å². The fourth-order valence-corrected chi connectivity index (χ4v) is 4.31. The minimum atomic E-state index is -4.11. The summed E-state index contributed by atoms with van der Waals surface area (Å²) in [5.74, 6) is 0.373. The van der Waals surface area contributed by atoms with Crippen LogP contribution in [-0.4, -0.2) is 41.5 Å². The smallest absolute Gasteiger partial charge is 0.370 e. The number of ether oxygens (including phenoxy) is 2. The minimum absolute atomic E-state index is 0.147. The monoisotopic (exact) mass is 308 g/mol. The second-order valence-corrected chi connectivity index (χ2v) is 7.77. The third-order valence-electron chi connectivity index (χ3n) is 3.56. The normalized spacial score (nSPS) is 39.7. The van der Waals surface area contributed by atoms with Gasteiger partial charge in [0.25, 0.3) is 0 Å². The zero-order chi connectivity index (χ0) is 15.1. The lowest BCUT2D eigenvalue weighted by molar-refractivity contribution is -0.145. The van der Waals surface area contributed by atoms with Crippen molar-refractivity contribution in [1.29, 1.82) is 0 Å². The highest BCUT2D eigenvalue weighted by Crippen LogP contribution is 2.54. The van der Waals surface area contributed by atoms with E-state index in [-0.39, 0.29) is 18.3 Å². The molecule has 0 spiro atoms. The van der Waals surface area contributed by atoms with Crippen LogP contribution in [0.5, 0.6) is 0 Å². The Morgan fingerprint density at radius 3 is 2.55 bits per heavy atom. The van der Waals surface area contributed by atoms with Crippen molar-refractivity contribution in [2.45, 2.75) is 71.1 Å². The van der Waals surface area contributed by atoms with Gasteiger partial charge in [-0.05, 0) is 33.1 Å². The second kappa shape index (κ2) is 5.67. The molecule has 0 aliphatic carbocycles. The molecule has 1 N–H and O–H groups in total. The first-order valence-corrected chi connectivity index (χ1v) is 8.64. The van der Waals surface area contributed by atoms with Crippen molar-refractivity contribution < 1.29 is 28.0 Å². The molecule has 0 radical (unpaired) electrons. The van der Waals surface area contributed by atoms with Gasteiger partial charge in [0, 0.05) is 0 Å². The van der Waals surface area contributed by atoms with Crippen LogP contribution in [-0.2, 0) is 23.1 Å². The SMILES string of the molecule is CC(C)C[C@@]12COC([C@H](C)O1)[C@H]2OP(=O)(O)OC(C)C. The van der Waals surface area contributed by atoms with Crippen molar-refractivity contribution in [1.82, 2.24) is 0 Å². The molecule has 2 bridgehead atoms. The fourth-order valence-electron chi connectivity index (χ4n) is 3.13. The maximum Gasteiger partial charge on any atom is 0.472 e. The predicted molar refractivity (Wildman–Crippen MR) is 73.4 cm³/mol. The quantitative estimate of drug-likeness (QED) is 0.760. The Labute approximate surface area is 120 Å². The van der Waals surface area contributed by atoms with Gasteiger partial charge in [0.1, 0.15) is 17.8 Å². The van der Waals surface area contributed by atoms with E-state index in [1.54, 1.807) is 13.8 Å². The maximum absolute atomic E-state index is 12.0. The van der Waals surface area contributed by atoms with Crippen LogP contribution in [0.1, 0.15) is 41.0 Å². The third kappa shape index (κ3) is 3.26. The van der Waals surface area contributed by atoms with Gasteiger partial charge in [-0.25, -0.2) is 4.57 Å². The molecular formula is C13H25O6P. The van der Waals surface area contributed by atoms with Gasteiger partial charge in [0.05, 0.1) is 18.8 Å². The number of hydrogen-bond acceptors (Lipinski definition) is 5. The molecule has 6 nitrogen and oxygen atoms in total. The average Bonchev–Trinajstić information content (AvgIpc) is 2.64. The van der Waals surface area contributed by atoms with Crippen LogP contribution in [0.3, 0.4) is 0 Å². The van der Waals surface area contributed by atoms with Crippen LogP contribution in [0.15, 0.2) is 0 Å². The molecule has 0 aromatic heterocycles. The first-order chi connectivity index (χ1) is 9.15. The lowest BCUT2D eigenvalue weighted by Gasteiger charge is -2.32. The van der Waals surface area contributed by atoms with Crippen LogP contribution in [0.25, 0.3) is 0 Å². The molecule has 20 heavy (non-hydrogen) atoms. The van der Waals surface area contributed by atoms with Crippen LogP contribution in [0.4, 0.5) is 0 Å². The highest BCUT2D eigenvalue weighted by atomic mass is 31.2.